The summed E-state index contributed by atoms with van der Waals surface area (Å²) in [5, 5.41) is 0. The van der Waals surface area contributed by atoms with Crippen molar-refractivity contribution in [3.8, 4) is 0 Å². The molecule has 0 radical (unpaired) electrons. The monoisotopic (exact) mass is 791 g/mol. The van der Waals surface area contributed by atoms with Crippen molar-refractivity contribution in [2.75, 3.05) is 13.2 Å². The largest absolute Gasteiger partial charge is 0.462 e. The Kier molecular flexibility index (Phi) is 42.1. The molecule has 0 aromatic rings. The zero-order valence-corrected chi connectivity index (χ0v) is 36.6. The molecule has 0 bridgehead atoms. The van der Waals surface area contributed by atoms with Crippen LogP contribution in [-0.4, -0.2) is 37.2 Å². The van der Waals surface area contributed by atoms with Gasteiger partial charge in [-0.25, -0.2) is 0 Å². The molecule has 0 spiro atoms. The van der Waals surface area contributed by atoms with Gasteiger partial charge in [-0.05, 0) is 57.8 Å². The van der Waals surface area contributed by atoms with Crippen LogP contribution in [0.15, 0.2) is 97.2 Å². The molecule has 6 nitrogen and oxygen atoms in total. The van der Waals surface area contributed by atoms with Gasteiger partial charge in [0.15, 0.2) is 6.10 Å². The van der Waals surface area contributed by atoms with E-state index in [1.165, 1.54) is 64.2 Å². The van der Waals surface area contributed by atoms with E-state index in [1.807, 2.05) is 72.9 Å². The summed E-state index contributed by atoms with van der Waals surface area (Å²) < 4.78 is 16.6. The molecule has 0 aliphatic rings. The molecule has 0 aromatic carbocycles. The van der Waals surface area contributed by atoms with Crippen molar-refractivity contribution < 1.29 is 28.6 Å². The van der Waals surface area contributed by atoms with E-state index in [1.54, 1.807) is 0 Å². The summed E-state index contributed by atoms with van der Waals surface area (Å²) >= 11 is 0. The van der Waals surface area contributed by atoms with E-state index in [2.05, 4.69) is 45.1 Å². The van der Waals surface area contributed by atoms with Crippen LogP contribution in [-0.2, 0) is 28.6 Å². The van der Waals surface area contributed by atoms with Crippen molar-refractivity contribution in [2.24, 2.45) is 0 Å². The summed E-state index contributed by atoms with van der Waals surface area (Å²) in [4.78, 5) is 37.8. The first kappa shape index (κ1) is 53.3. The van der Waals surface area contributed by atoms with Gasteiger partial charge in [-0.2, -0.15) is 0 Å². The highest BCUT2D eigenvalue weighted by molar-refractivity contribution is 5.71. The SMILES string of the molecule is CC/C=C/C=C/C=C/C=C/CCCCCC(=O)OCC(COC(=O)CCCCCCCCCCCCCCC)OC(=O)CCCCC/C=C/C=C/C=C/C=C/CC. The standard InChI is InChI=1S/C51H82O6/c1-4-7-10-13-16-19-22-25-28-31-34-37-40-43-49(52)55-46-48(57-51(54)45-42-39-36-33-30-27-24-21-18-15-12-9-6-3)47-56-50(53)44-41-38-35-32-29-26-23-20-17-14-11-8-5-2/h7,9-10,12-13,15-16,18-19,21-22,24-25,27-28,30,48H,4-6,8,11,14,17,20,23,26,29,31-47H2,1-3H3/b10-7+,12-9+,16-13+,18-15+,22-19+,24-21+,28-25+,30-27+. The smallest absolute Gasteiger partial charge is 0.306 e. The van der Waals surface area contributed by atoms with Crippen LogP contribution in [0.5, 0.6) is 0 Å². The van der Waals surface area contributed by atoms with Gasteiger partial charge >= 0.3 is 17.9 Å². The van der Waals surface area contributed by atoms with Crippen molar-refractivity contribution in [1.29, 1.82) is 0 Å². The number of esters is 3. The lowest BCUT2D eigenvalue weighted by Crippen LogP contribution is -2.30. The third-order valence-electron chi connectivity index (χ3n) is 9.27. The summed E-state index contributed by atoms with van der Waals surface area (Å²) in [6, 6.07) is 0. The van der Waals surface area contributed by atoms with Gasteiger partial charge in [0, 0.05) is 19.3 Å². The maximum absolute atomic E-state index is 12.7. The molecule has 0 fully saturated rings. The summed E-state index contributed by atoms with van der Waals surface area (Å²) in [5.41, 5.74) is 0. The Hall–Kier alpha value is -3.67. The molecule has 1 unspecified atom stereocenters. The predicted octanol–water partition coefficient (Wildman–Crippen LogP) is 14.6. The van der Waals surface area contributed by atoms with Crippen LogP contribution in [0.4, 0.5) is 0 Å². The lowest BCUT2D eigenvalue weighted by molar-refractivity contribution is -0.167. The fourth-order valence-electron chi connectivity index (χ4n) is 5.87. The number of rotatable bonds is 39. The van der Waals surface area contributed by atoms with Crippen molar-refractivity contribution in [3.63, 3.8) is 0 Å². The molecule has 0 aliphatic heterocycles. The lowest BCUT2D eigenvalue weighted by atomic mass is 10.0. The molecule has 0 aromatic heterocycles. The second-order valence-corrected chi connectivity index (χ2v) is 14.7. The van der Waals surface area contributed by atoms with Gasteiger partial charge < -0.3 is 14.2 Å². The Balaban J connectivity index is 4.53. The molecular weight excluding hydrogens is 709 g/mol. The fraction of sp³-hybridized carbons (Fsp3) is 0.627. The Morgan fingerprint density at radius 2 is 0.684 bits per heavy atom. The van der Waals surface area contributed by atoms with Crippen LogP contribution in [0.3, 0.4) is 0 Å². The van der Waals surface area contributed by atoms with Gasteiger partial charge in [0.05, 0.1) is 0 Å². The summed E-state index contributed by atoms with van der Waals surface area (Å²) in [7, 11) is 0. The van der Waals surface area contributed by atoms with E-state index in [0.717, 1.165) is 77.0 Å². The minimum absolute atomic E-state index is 0.106. The van der Waals surface area contributed by atoms with E-state index in [9.17, 15) is 14.4 Å². The number of allylic oxidation sites excluding steroid dienone is 16. The molecule has 0 heterocycles. The van der Waals surface area contributed by atoms with Crippen LogP contribution in [0.2, 0.25) is 0 Å². The maximum Gasteiger partial charge on any atom is 0.306 e. The van der Waals surface area contributed by atoms with Crippen molar-refractivity contribution >= 4 is 17.9 Å². The van der Waals surface area contributed by atoms with Crippen LogP contribution in [0.1, 0.15) is 188 Å². The molecule has 0 N–H and O–H groups in total. The van der Waals surface area contributed by atoms with Crippen LogP contribution >= 0.6 is 0 Å². The fourth-order valence-corrected chi connectivity index (χ4v) is 5.87. The highest BCUT2D eigenvalue weighted by Gasteiger charge is 2.19. The number of hydrogen-bond acceptors (Lipinski definition) is 6. The summed E-state index contributed by atoms with van der Waals surface area (Å²) in [5.74, 6) is -0.995. The normalized spacial score (nSPS) is 13.0. The third kappa shape index (κ3) is 43.3. The Labute approximate surface area is 349 Å². The number of carbonyl (C=O) groups excluding carboxylic acids is 3. The Morgan fingerprint density at radius 3 is 1.07 bits per heavy atom. The zero-order chi connectivity index (χ0) is 41.5. The highest BCUT2D eigenvalue weighted by atomic mass is 16.6. The number of unbranched alkanes of at least 4 members (excludes halogenated alkanes) is 18. The molecule has 322 valence electrons. The quantitative estimate of drug-likeness (QED) is 0.0267. The van der Waals surface area contributed by atoms with E-state index < -0.39 is 6.10 Å². The van der Waals surface area contributed by atoms with Crippen molar-refractivity contribution in [1.82, 2.24) is 0 Å². The summed E-state index contributed by atoms with van der Waals surface area (Å²) in [6.07, 6.45) is 58.2. The lowest BCUT2D eigenvalue weighted by Gasteiger charge is -2.18. The average molecular weight is 791 g/mol. The molecule has 0 amide bonds. The van der Waals surface area contributed by atoms with E-state index in [4.69, 9.17) is 14.2 Å². The van der Waals surface area contributed by atoms with Gasteiger partial charge in [0.1, 0.15) is 13.2 Å². The number of hydrogen-bond donors (Lipinski definition) is 0. The topological polar surface area (TPSA) is 78.9 Å². The number of carbonyl (C=O) groups is 3. The molecule has 1 atom stereocenters. The van der Waals surface area contributed by atoms with Gasteiger partial charge in [0.2, 0.25) is 0 Å². The van der Waals surface area contributed by atoms with Gasteiger partial charge in [-0.15, -0.1) is 0 Å². The third-order valence-corrected chi connectivity index (χ3v) is 9.27. The zero-order valence-electron chi connectivity index (χ0n) is 36.6. The van der Waals surface area contributed by atoms with Gasteiger partial charge in [0.25, 0.3) is 0 Å². The van der Waals surface area contributed by atoms with E-state index in [0.29, 0.717) is 19.3 Å². The first-order chi connectivity index (χ1) is 28.0. The molecule has 57 heavy (non-hydrogen) atoms. The van der Waals surface area contributed by atoms with Gasteiger partial charge in [-0.1, -0.05) is 208 Å². The molecule has 0 rings (SSSR count). The molecule has 0 aliphatic carbocycles. The number of ether oxygens (including phenoxy) is 3. The summed E-state index contributed by atoms with van der Waals surface area (Å²) in [6.45, 7) is 6.26. The predicted molar refractivity (Wildman–Crippen MR) is 242 cm³/mol. The van der Waals surface area contributed by atoms with Gasteiger partial charge in [-0.3, -0.25) is 14.4 Å². The first-order valence-corrected chi connectivity index (χ1v) is 22.8. The van der Waals surface area contributed by atoms with Crippen LogP contribution < -0.4 is 0 Å². The van der Waals surface area contributed by atoms with Crippen molar-refractivity contribution in [2.45, 2.75) is 194 Å². The molecular formula is C51H82O6. The minimum Gasteiger partial charge on any atom is -0.462 e. The molecule has 6 heteroatoms. The second-order valence-electron chi connectivity index (χ2n) is 14.7. The van der Waals surface area contributed by atoms with E-state index in [-0.39, 0.29) is 37.5 Å². The van der Waals surface area contributed by atoms with Crippen LogP contribution in [0, 0.1) is 0 Å². The molecule has 0 saturated carbocycles. The van der Waals surface area contributed by atoms with Crippen LogP contribution in [0.25, 0.3) is 0 Å². The minimum atomic E-state index is -0.811. The maximum atomic E-state index is 12.7. The highest BCUT2D eigenvalue weighted by Crippen LogP contribution is 2.14. The average Bonchev–Trinajstić information content (AvgIpc) is 3.21. The second kappa shape index (κ2) is 45.0. The molecule has 0 saturated heterocycles. The Bertz CT molecular complexity index is 1180. The van der Waals surface area contributed by atoms with E-state index >= 15 is 0 Å². The van der Waals surface area contributed by atoms with Crippen molar-refractivity contribution in [3.05, 3.63) is 97.2 Å². The Morgan fingerprint density at radius 1 is 0.368 bits per heavy atom. The first-order valence-electron chi connectivity index (χ1n) is 22.8.